The summed E-state index contributed by atoms with van der Waals surface area (Å²) in [6, 6.07) is 4.32. The van der Waals surface area contributed by atoms with Gasteiger partial charge in [0.25, 0.3) is 0 Å². The Morgan fingerprint density at radius 1 is 1.60 bits per heavy atom. The highest BCUT2D eigenvalue weighted by Crippen LogP contribution is 2.20. The number of nitrogens with one attached hydrogen (secondary N) is 1. The van der Waals surface area contributed by atoms with Gasteiger partial charge in [0.15, 0.2) is 0 Å². The maximum atomic E-state index is 13.2. The highest BCUT2D eigenvalue weighted by Gasteiger charge is 2.16. The Hall–Kier alpha value is -1.58. The molecule has 0 radical (unpaired) electrons. The average Bonchev–Trinajstić information content (AvgIpc) is 2.17. The fourth-order valence-corrected chi connectivity index (χ4v) is 1.23. The predicted octanol–water partition coefficient (Wildman–Crippen LogP) is 2.73. The molecule has 0 aromatic heterocycles. The van der Waals surface area contributed by atoms with Crippen molar-refractivity contribution in [3.8, 4) is 0 Å². The van der Waals surface area contributed by atoms with Gasteiger partial charge in [0, 0.05) is 6.04 Å². The van der Waals surface area contributed by atoms with Crippen molar-refractivity contribution in [1.82, 2.24) is 0 Å². The first-order chi connectivity index (χ1) is 7.06. The van der Waals surface area contributed by atoms with E-state index in [1.165, 1.54) is 6.07 Å². The number of carboxylic acid groups (broad SMARTS) is 1. The largest absolute Gasteiger partial charge is 0.478 e. The number of carboxylic acids is 1. The number of hydrogen-bond acceptors (Lipinski definition) is 2. The molecule has 0 heterocycles. The van der Waals surface area contributed by atoms with Crippen LogP contribution in [0.25, 0.3) is 0 Å². The standard InChI is InChI=1S/C11H14FNO2/c1-3-7(2)13-9-6-4-5-8(12)10(9)11(14)15/h4-7,13H,3H2,1-2H3,(H,14,15). The van der Waals surface area contributed by atoms with Crippen LogP contribution in [0.3, 0.4) is 0 Å². The molecule has 0 aliphatic heterocycles. The van der Waals surface area contributed by atoms with E-state index >= 15 is 0 Å². The smallest absolute Gasteiger partial charge is 0.340 e. The van der Waals surface area contributed by atoms with Crippen molar-refractivity contribution >= 4 is 11.7 Å². The van der Waals surface area contributed by atoms with E-state index in [0.29, 0.717) is 5.69 Å². The van der Waals surface area contributed by atoms with Crippen LogP contribution in [0.4, 0.5) is 10.1 Å². The molecule has 0 aliphatic rings. The van der Waals surface area contributed by atoms with Gasteiger partial charge in [0.1, 0.15) is 11.4 Å². The molecule has 0 bridgehead atoms. The van der Waals surface area contributed by atoms with Gasteiger partial charge in [0.2, 0.25) is 0 Å². The molecule has 1 aromatic rings. The Kier molecular flexibility index (Phi) is 3.66. The van der Waals surface area contributed by atoms with Crippen molar-refractivity contribution < 1.29 is 14.3 Å². The molecule has 0 spiro atoms. The molecule has 1 rings (SSSR count). The lowest BCUT2D eigenvalue weighted by Crippen LogP contribution is -2.17. The number of aromatic carboxylic acids is 1. The first-order valence-electron chi connectivity index (χ1n) is 4.84. The van der Waals surface area contributed by atoms with Crippen LogP contribution in [0.15, 0.2) is 18.2 Å². The van der Waals surface area contributed by atoms with Crippen LogP contribution in [-0.2, 0) is 0 Å². The molecular weight excluding hydrogens is 197 g/mol. The minimum atomic E-state index is -1.25. The van der Waals surface area contributed by atoms with E-state index in [4.69, 9.17) is 5.11 Å². The van der Waals surface area contributed by atoms with Gasteiger partial charge in [-0.05, 0) is 25.5 Å². The minimum absolute atomic E-state index is 0.116. The van der Waals surface area contributed by atoms with Crippen LogP contribution in [0.2, 0.25) is 0 Å². The van der Waals surface area contributed by atoms with E-state index in [2.05, 4.69) is 5.32 Å². The molecule has 15 heavy (non-hydrogen) atoms. The van der Waals surface area contributed by atoms with E-state index in [0.717, 1.165) is 12.5 Å². The fourth-order valence-electron chi connectivity index (χ4n) is 1.23. The van der Waals surface area contributed by atoms with E-state index in [-0.39, 0.29) is 11.6 Å². The number of rotatable bonds is 4. The number of carbonyl (C=O) groups is 1. The second-order valence-electron chi connectivity index (χ2n) is 3.42. The Morgan fingerprint density at radius 3 is 2.80 bits per heavy atom. The molecule has 1 unspecified atom stereocenters. The first-order valence-corrected chi connectivity index (χ1v) is 4.84. The van der Waals surface area contributed by atoms with Gasteiger partial charge in [-0.1, -0.05) is 13.0 Å². The maximum Gasteiger partial charge on any atom is 0.340 e. The van der Waals surface area contributed by atoms with Gasteiger partial charge in [-0.25, -0.2) is 9.18 Å². The van der Waals surface area contributed by atoms with Crippen molar-refractivity contribution in [2.45, 2.75) is 26.3 Å². The van der Waals surface area contributed by atoms with Crippen LogP contribution in [0.5, 0.6) is 0 Å². The van der Waals surface area contributed by atoms with Crippen LogP contribution in [-0.4, -0.2) is 17.1 Å². The minimum Gasteiger partial charge on any atom is -0.478 e. The van der Waals surface area contributed by atoms with E-state index in [1.54, 1.807) is 6.07 Å². The Bertz CT molecular complexity index is 366. The molecule has 82 valence electrons. The van der Waals surface area contributed by atoms with Gasteiger partial charge >= 0.3 is 5.97 Å². The zero-order chi connectivity index (χ0) is 11.4. The molecule has 1 atom stereocenters. The predicted molar refractivity (Wildman–Crippen MR) is 56.7 cm³/mol. The lowest BCUT2D eigenvalue weighted by molar-refractivity contribution is 0.0693. The summed E-state index contributed by atoms with van der Waals surface area (Å²) in [6.07, 6.45) is 0.843. The van der Waals surface area contributed by atoms with Crippen molar-refractivity contribution in [3.05, 3.63) is 29.6 Å². The Labute approximate surface area is 87.9 Å². The quantitative estimate of drug-likeness (QED) is 0.805. The molecule has 4 heteroatoms. The second kappa shape index (κ2) is 4.77. The van der Waals surface area contributed by atoms with Crippen molar-refractivity contribution in [2.24, 2.45) is 0 Å². The van der Waals surface area contributed by atoms with Crippen LogP contribution >= 0.6 is 0 Å². The maximum absolute atomic E-state index is 13.2. The zero-order valence-electron chi connectivity index (χ0n) is 8.75. The Morgan fingerprint density at radius 2 is 2.27 bits per heavy atom. The summed E-state index contributed by atoms with van der Waals surface area (Å²) >= 11 is 0. The lowest BCUT2D eigenvalue weighted by atomic mass is 10.1. The van der Waals surface area contributed by atoms with Crippen molar-refractivity contribution in [3.63, 3.8) is 0 Å². The topological polar surface area (TPSA) is 49.3 Å². The van der Waals surface area contributed by atoms with E-state index < -0.39 is 11.8 Å². The summed E-state index contributed by atoms with van der Waals surface area (Å²) < 4.78 is 13.2. The van der Waals surface area contributed by atoms with Crippen LogP contribution in [0, 0.1) is 5.82 Å². The lowest BCUT2D eigenvalue weighted by Gasteiger charge is -2.15. The van der Waals surface area contributed by atoms with Gasteiger partial charge in [-0.15, -0.1) is 0 Å². The van der Waals surface area contributed by atoms with Crippen molar-refractivity contribution in [1.29, 1.82) is 0 Å². The van der Waals surface area contributed by atoms with Gasteiger partial charge in [-0.2, -0.15) is 0 Å². The van der Waals surface area contributed by atoms with E-state index in [1.807, 2.05) is 13.8 Å². The Balaban J connectivity index is 3.06. The highest BCUT2D eigenvalue weighted by atomic mass is 19.1. The molecule has 0 amide bonds. The fraction of sp³-hybridized carbons (Fsp3) is 0.364. The third-order valence-corrected chi connectivity index (χ3v) is 2.24. The zero-order valence-corrected chi connectivity index (χ0v) is 8.75. The van der Waals surface area contributed by atoms with Crippen LogP contribution < -0.4 is 5.32 Å². The monoisotopic (exact) mass is 211 g/mol. The summed E-state index contributed by atoms with van der Waals surface area (Å²) in [7, 11) is 0. The normalized spacial score (nSPS) is 12.2. The third-order valence-electron chi connectivity index (χ3n) is 2.24. The molecule has 0 fully saturated rings. The van der Waals surface area contributed by atoms with Crippen molar-refractivity contribution in [2.75, 3.05) is 5.32 Å². The molecule has 3 nitrogen and oxygen atoms in total. The number of halogens is 1. The molecular formula is C11H14FNO2. The summed E-state index contributed by atoms with van der Waals surface area (Å²) in [5.41, 5.74) is 0.0367. The van der Waals surface area contributed by atoms with E-state index in [9.17, 15) is 9.18 Å². The molecule has 0 saturated carbocycles. The first kappa shape index (κ1) is 11.5. The molecule has 0 aliphatic carbocycles. The summed E-state index contributed by atoms with van der Waals surface area (Å²) in [5, 5.41) is 11.8. The van der Waals surface area contributed by atoms with Gasteiger partial charge < -0.3 is 10.4 Å². The SMILES string of the molecule is CCC(C)Nc1cccc(F)c1C(=O)O. The van der Waals surface area contributed by atoms with Gasteiger partial charge in [0.05, 0.1) is 5.69 Å². The van der Waals surface area contributed by atoms with Crippen LogP contribution in [0.1, 0.15) is 30.6 Å². The highest BCUT2D eigenvalue weighted by molar-refractivity contribution is 5.94. The third kappa shape index (κ3) is 2.68. The average molecular weight is 211 g/mol. The number of anilines is 1. The molecule has 0 saturated heterocycles. The molecule has 2 N–H and O–H groups in total. The van der Waals surface area contributed by atoms with Gasteiger partial charge in [-0.3, -0.25) is 0 Å². The number of hydrogen-bond donors (Lipinski definition) is 2. The molecule has 1 aromatic carbocycles. The number of benzene rings is 1. The summed E-state index contributed by atoms with van der Waals surface area (Å²) in [4.78, 5) is 10.8. The second-order valence-corrected chi connectivity index (χ2v) is 3.42. The summed E-state index contributed by atoms with van der Waals surface area (Å²) in [6.45, 7) is 3.88. The summed E-state index contributed by atoms with van der Waals surface area (Å²) in [5.74, 6) is -1.96.